The molecule has 0 aromatic rings. The van der Waals surface area contributed by atoms with Gasteiger partial charge >= 0.3 is 12.0 Å². The van der Waals surface area contributed by atoms with E-state index in [-0.39, 0.29) is 0 Å². The van der Waals surface area contributed by atoms with Crippen molar-refractivity contribution < 1.29 is 24.6 Å². The molecule has 8 nitrogen and oxygen atoms in total. The van der Waals surface area contributed by atoms with Gasteiger partial charge in [-0.05, 0) is 12.8 Å². The van der Waals surface area contributed by atoms with Crippen molar-refractivity contribution in [2.24, 2.45) is 5.73 Å². The van der Waals surface area contributed by atoms with Crippen molar-refractivity contribution in [3.8, 4) is 0 Å². The molecule has 0 aromatic heterocycles. The number of primary amides is 1. The minimum Gasteiger partial charge on any atom is -0.480 e. The van der Waals surface area contributed by atoms with Crippen LogP contribution in [-0.2, 0) is 9.59 Å². The number of hydrogen-bond donors (Lipinski definition) is 4. The van der Waals surface area contributed by atoms with Gasteiger partial charge in [-0.1, -0.05) is 0 Å². The number of carbonyl (C=O) groups is 3. The van der Waals surface area contributed by atoms with Crippen molar-refractivity contribution in [3.05, 3.63) is 0 Å². The fraction of sp³-hybridized carbons (Fsp3) is 0.667. The molecule has 1 fully saturated rings. The zero-order chi connectivity index (χ0) is 13.0. The predicted molar refractivity (Wildman–Crippen MR) is 56.0 cm³/mol. The number of nitrogens with zero attached hydrogens (tertiary/aromatic N) is 1. The monoisotopic (exact) mass is 245 g/mol. The molecule has 1 saturated heterocycles. The third kappa shape index (κ3) is 3.06. The lowest BCUT2D eigenvalue weighted by molar-refractivity contribution is -0.140. The highest BCUT2D eigenvalue weighted by molar-refractivity contribution is 5.88. The van der Waals surface area contributed by atoms with Crippen molar-refractivity contribution in [2.75, 3.05) is 13.2 Å². The maximum atomic E-state index is 11.7. The molecule has 0 bridgehead atoms. The minimum absolute atomic E-state index is 0.344. The molecular weight excluding hydrogens is 230 g/mol. The van der Waals surface area contributed by atoms with Gasteiger partial charge in [0.1, 0.15) is 6.04 Å². The zero-order valence-corrected chi connectivity index (χ0v) is 9.13. The van der Waals surface area contributed by atoms with Crippen molar-refractivity contribution >= 4 is 17.9 Å². The van der Waals surface area contributed by atoms with E-state index in [2.05, 4.69) is 5.32 Å². The summed E-state index contributed by atoms with van der Waals surface area (Å²) < 4.78 is 0. The van der Waals surface area contributed by atoms with Gasteiger partial charge in [0.2, 0.25) is 5.91 Å². The molecule has 1 heterocycles. The Morgan fingerprint density at radius 3 is 2.59 bits per heavy atom. The third-order valence-corrected chi connectivity index (χ3v) is 2.62. The number of carboxylic acids is 1. The van der Waals surface area contributed by atoms with Gasteiger partial charge in [-0.25, -0.2) is 9.59 Å². The van der Waals surface area contributed by atoms with E-state index in [9.17, 15) is 14.4 Å². The molecule has 1 aliphatic heterocycles. The van der Waals surface area contributed by atoms with Gasteiger partial charge < -0.3 is 26.2 Å². The maximum absolute atomic E-state index is 11.7. The van der Waals surface area contributed by atoms with Gasteiger partial charge in [0.25, 0.3) is 0 Å². The van der Waals surface area contributed by atoms with Crippen molar-refractivity contribution in [1.29, 1.82) is 0 Å². The zero-order valence-electron chi connectivity index (χ0n) is 9.13. The number of urea groups is 1. The smallest absolute Gasteiger partial charge is 0.328 e. The highest BCUT2D eigenvalue weighted by atomic mass is 16.4. The molecule has 96 valence electrons. The molecule has 5 N–H and O–H groups in total. The number of aliphatic carboxylic acids is 1. The molecule has 0 aromatic carbocycles. The summed E-state index contributed by atoms with van der Waals surface area (Å²) in [6.45, 7) is -0.368. The van der Waals surface area contributed by atoms with Crippen LogP contribution in [0, 0.1) is 0 Å². The summed E-state index contributed by atoms with van der Waals surface area (Å²) in [5.41, 5.74) is 5.12. The van der Waals surface area contributed by atoms with Gasteiger partial charge in [0.15, 0.2) is 6.04 Å². The van der Waals surface area contributed by atoms with Gasteiger partial charge in [-0.2, -0.15) is 0 Å². The number of amides is 3. The van der Waals surface area contributed by atoms with Crippen LogP contribution in [-0.4, -0.2) is 58.3 Å². The molecule has 2 atom stereocenters. The van der Waals surface area contributed by atoms with Gasteiger partial charge in [0, 0.05) is 6.54 Å². The summed E-state index contributed by atoms with van der Waals surface area (Å²) in [7, 11) is 0. The number of aliphatic hydroxyl groups excluding tert-OH is 1. The summed E-state index contributed by atoms with van der Waals surface area (Å²) >= 11 is 0. The Hall–Kier alpha value is -1.83. The SMILES string of the molecule is NC(=O)C1CCCN1C(=O)N[C@H](CO)C(=O)O. The molecule has 1 aliphatic rings. The Bertz CT molecular complexity index is 333. The lowest BCUT2D eigenvalue weighted by Crippen LogP contribution is -2.53. The Morgan fingerprint density at radius 1 is 1.47 bits per heavy atom. The van der Waals surface area contributed by atoms with Crippen LogP contribution in [0.15, 0.2) is 0 Å². The molecule has 17 heavy (non-hydrogen) atoms. The molecule has 1 rings (SSSR count). The first kappa shape index (κ1) is 13.2. The van der Waals surface area contributed by atoms with E-state index in [1.165, 1.54) is 4.90 Å². The molecular formula is C9H15N3O5. The third-order valence-electron chi connectivity index (χ3n) is 2.62. The van der Waals surface area contributed by atoms with Crippen molar-refractivity contribution in [3.63, 3.8) is 0 Å². The summed E-state index contributed by atoms with van der Waals surface area (Å²) in [6.07, 6.45) is 1.11. The van der Waals surface area contributed by atoms with Crippen LogP contribution in [0.1, 0.15) is 12.8 Å². The Morgan fingerprint density at radius 2 is 2.12 bits per heavy atom. The van der Waals surface area contributed by atoms with Crippen LogP contribution in [0.25, 0.3) is 0 Å². The highest BCUT2D eigenvalue weighted by Gasteiger charge is 2.34. The second-order valence-electron chi connectivity index (χ2n) is 3.78. The van der Waals surface area contributed by atoms with Crippen molar-refractivity contribution in [1.82, 2.24) is 10.2 Å². The maximum Gasteiger partial charge on any atom is 0.328 e. The highest BCUT2D eigenvalue weighted by Crippen LogP contribution is 2.16. The van der Waals surface area contributed by atoms with Gasteiger partial charge in [-0.3, -0.25) is 4.79 Å². The number of hydrogen-bond acceptors (Lipinski definition) is 4. The van der Waals surface area contributed by atoms with E-state index in [0.29, 0.717) is 19.4 Å². The Labute approximate surface area is 97.4 Å². The van der Waals surface area contributed by atoms with Crippen molar-refractivity contribution in [2.45, 2.75) is 24.9 Å². The number of rotatable bonds is 4. The quantitative estimate of drug-likeness (QED) is 0.458. The largest absolute Gasteiger partial charge is 0.480 e. The van der Waals surface area contributed by atoms with E-state index >= 15 is 0 Å². The molecule has 8 heteroatoms. The van der Waals surface area contributed by atoms with Crippen LogP contribution >= 0.6 is 0 Å². The standard InChI is InChI=1S/C9H15N3O5/c10-7(14)6-2-1-3-12(6)9(17)11-5(4-13)8(15)16/h5-6,13H,1-4H2,(H2,10,14)(H,11,17)(H,15,16)/t5-,6?/m1/s1. The first-order valence-electron chi connectivity index (χ1n) is 5.17. The second kappa shape index (κ2) is 5.48. The average molecular weight is 245 g/mol. The lowest BCUT2D eigenvalue weighted by atomic mass is 10.2. The molecule has 0 aliphatic carbocycles. The van der Waals surface area contributed by atoms with E-state index in [4.69, 9.17) is 15.9 Å². The van der Waals surface area contributed by atoms with E-state index in [1.807, 2.05) is 0 Å². The van der Waals surface area contributed by atoms with Crippen LogP contribution in [0.4, 0.5) is 4.79 Å². The fourth-order valence-corrected chi connectivity index (χ4v) is 1.72. The lowest BCUT2D eigenvalue weighted by Gasteiger charge is -2.24. The number of nitrogens with one attached hydrogen (secondary N) is 1. The number of likely N-dealkylation sites (tertiary alicyclic amines) is 1. The Balaban J connectivity index is 2.63. The summed E-state index contributed by atoms with van der Waals surface area (Å²) in [5.74, 6) is -1.95. The predicted octanol–water partition coefficient (Wildman–Crippen LogP) is -1.91. The van der Waals surface area contributed by atoms with Crippen LogP contribution in [0.5, 0.6) is 0 Å². The molecule has 3 amide bonds. The second-order valence-corrected chi connectivity index (χ2v) is 3.78. The topological polar surface area (TPSA) is 133 Å². The summed E-state index contributed by atoms with van der Waals surface area (Å²) in [5, 5.41) is 19.5. The first-order chi connectivity index (χ1) is 7.97. The van der Waals surface area contributed by atoms with Gasteiger partial charge in [-0.15, -0.1) is 0 Å². The normalized spacial score (nSPS) is 21.0. The van der Waals surface area contributed by atoms with Crippen LogP contribution in [0.3, 0.4) is 0 Å². The first-order valence-corrected chi connectivity index (χ1v) is 5.17. The van der Waals surface area contributed by atoms with Crippen LogP contribution in [0.2, 0.25) is 0 Å². The summed E-state index contributed by atoms with van der Waals surface area (Å²) in [6, 6.07) is -2.78. The number of carboxylic acid groups (broad SMARTS) is 1. The molecule has 0 radical (unpaired) electrons. The van der Waals surface area contributed by atoms with Crippen LogP contribution < -0.4 is 11.1 Å². The van der Waals surface area contributed by atoms with E-state index in [0.717, 1.165) is 0 Å². The molecule has 0 saturated carbocycles. The van der Waals surface area contributed by atoms with E-state index in [1.54, 1.807) is 0 Å². The number of carbonyl (C=O) groups excluding carboxylic acids is 2. The molecule has 0 spiro atoms. The number of nitrogens with two attached hydrogens (primary N) is 1. The minimum atomic E-state index is -1.38. The average Bonchev–Trinajstić information content (AvgIpc) is 2.73. The number of aliphatic hydroxyl groups is 1. The fourth-order valence-electron chi connectivity index (χ4n) is 1.72. The molecule has 1 unspecified atom stereocenters. The van der Waals surface area contributed by atoms with Gasteiger partial charge in [0.05, 0.1) is 6.61 Å². The Kier molecular flexibility index (Phi) is 4.27. The van der Waals surface area contributed by atoms with E-state index < -0.39 is 36.6 Å². The summed E-state index contributed by atoms with van der Waals surface area (Å²) in [4.78, 5) is 34.5.